The first-order chi connectivity index (χ1) is 14.9. The van der Waals surface area contributed by atoms with Gasteiger partial charge in [-0.15, -0.1) is 0 Å². The highest BCUT2D eigenvalue weighted by atomic mass is 16.2. The van der Waals surface area contributed by atoms with Gasteiger partial charge >= 0.3 is 5.69 Å². The maximum Gasteiger partial charge on any atom is 0.329 e. The van der Waals surface area contributed by atoms with E-state index in [0.29, 0.717) is 13.0 Å². The molecule has 9 nitrogen and oxygen atoms in total. The van der Waals surface area contributed by atoms with E-state index in [1.807, 2.05) is 38.1 Å². The number of rotatable bonds is 7. The van der Waals surface area contributed by atoms with Crippen LogP contribution in [0.2, 0.25) is 0 Å². The molecule has 1 amide bonds. The van der Waals surface area contributed by atoms with Crippen LogP contribution in [0.5, 0.6) is 0 Å². The van der Waals surface area contributed by atoms with Crippen molar-refractivity contribution in [1.29, 1.82) is 0 Å². The Labute approximate surface area is 179 Å². The average Bonchev–Trinajstić information content (AvgIpc) is 3.59. The molecule has 3 aromatic heterocycles. The molecule has 0 spiro atoms. The van der Waals surface area contributed by atoms with Crippen LogP contribution in [-0.2, 0) is 13.1 Å². The van der Waals surface area contributed by atoms with Gasteiger partial charge in [-0.2, -0.15) is 0 Å². The van der Waals surface area contributed by atoms with E-state index in [0.717, 1.165) is 29.9 Å². The zero-order valence-corrected chi connectivity index (χ0v) is 17.9. The first-order valence-corrected chi connectivity index (χ1v) is 10.5. The Kier molecular flexibility index (Phi) is 5.58. The number of aryl methyl sites for hydroxylation is 1. The minimum Gasteiger partial charge on any atom is -0.363 e. The molecule has 1 aliphatic carbocycles. The van der Waals surface area contributed by atoms with Crippen molar-refractivity contribution in [3.05, 3.63) is 62.1 Å². The highest BCUT2D eigenvalue weighted by Crippen LogP contribution is 2.39. The van der Waals surface area contributed by atoms with Gasteiger partial charge in [0.05, 0.1) is 10.9 Å². The highest BCUT2D eigenvalue weighted by Gasteiger charge is 2.28. The van der Waals surface area contributed by atoms with Gasteiger partial charge in [-0.25, -0.2) is 14.8 Å². The summed E-state index contributed by atoms with van der Waals surface area (Å²) in [5.74, 6) is 0.685. The number of fused-ring (bicyclic) bond motifs is 1. The molecule has 31 heavy (non-hydrogen) atoms. The predicted molar refractivity (Wildman–Crippen MR) is 119 cm³/mol. The molecular weight excluding hydrogens is 396 g/mol. The summed E-state index contributed by atoms with van der Waals surface area (Å²) in [6, 6.07) is 5.43. The summed E-state index contributed by atoms with van der Waals surface area (Å²) in [7, 11) is 3.80. The number of aromatic amines is 1. The quantitative estimate of drug-likeness (QED) is 0.600. The van der Waals surface area contributed by atoms with Gasteiger partial charge in [0.2, 0.25) is 0 Å². The van der Waals surface area contributed by atoms with Gasteiger partial charge in [0.25, 0.3) is 11.5 Å². The lowest BCUT2D eigenvalue weighted by Gasteiger charge is -2.14. The first-order valence-electron chi connectivity index (χ1n) is 10.5. The summed E-state index contributed by atoms with van der Waals surface area (Å²) in [4.78, 5) is 51.3. The molecule has 0 saturated heterocycles. The van der Waals surface area contributed by atoms with Gasteiger partial charge in [-0.05, 0) is 43.0 Å². The lowest BCUT2D eigenvalue weighted by Crippen LogP contribution is -2.33. The van der Waals surface area contributed by atoms with Gasteiger partial charge in [0, 0.05) is 45.0 Å². The molecule has 1 saturated carbocycles. The lowest BCUT2D eigenvalue weighted by atomic mass is 10.1. The van der Waals surface area contributed by atoms with Gasteiger partial charge in [0.15, 0.2) is 5.65 Å². The Hall–Kier alpha value is -3.49. The molecule has 1 fully saturated rings. The summed E-state index contributed by atoms with van der Waals surface area (Å²) in [6.45, 7) is 2.65. The molecule has 3 aromatic rings. The first kappa shape index (κ1) is 20.8. The molecule has 0 aromatic carbocycles. The van der Waals surface area contributed by atoms with Crippen molar-refractivity contribution in [2.24, 2.45) is 0 Å². The monoisotopic (exact) mass is 422 g/mol. The van der Waals surface area contributed by atoms with E-state index in [-0.39, 0.29) is 35.0 Å². The van der Waals surface area contributed by atoms with E-state index in [1.165, 1.54) is 4.57 Å². The zero-order valence-electron chi connectivity index (χ0n) is 17.9. The zero-order chi connectivity index (χ0) is 22.1. The summed E-state index contributed by atoms with van der Waals surface area (Å²) in [6.07, 6.45) is 4.38. The molecule has 9 heteroatoms. The number of nitrogens with zero attached hydrogens (tertiary/aromatic N) is 4. The van der Waals surface area contributed by atoms with E-state index in [1.54, 1.807) is 12.3 Å². The van der Waals surface area contributed by atoms with E-state index >= 15 is 0 Å². The molecule has 0 unspecified atom stereocenters. The van der Waals surface area contributed by atoms with Crippen LogP contribution in [0.1, 0.15) is 53.7 Å². The van der Waals surface area contributed by atoms with Crippen LogP contribution >= 0.6 is 0 Å². The standard InChI is InChI=1S/C22H26N6O3/c1-4-9-28-19-18(21(30)26-22(28)31)15(11-16(25-19)14-5-6-14)20(29)24-12-13-7-8-23-17(10-13)27(2)3/h7-8,10-11,14H,4-6,9,12H2,1-3H3,(H,24,29)(H,26,30,31). The van der Waals surface area contributed by atoms with E-state index in [9.17, 15) is 14.4 Å². The third kappa shape index (κ3) is 4.21. The van der Waals surface area contributed by atoms with Crippen molar-refractivity contribution in [2.45, 2.75) is 45.2 Å². The second-order valence-corrected chi connectivity index (χ2v) is 8.08. The molecule has 3 heterocycles. The molecule has 0 radical (unpaired) electrons. The Morgan fingerprint density at radius 2 is 2.06 bits per heavy atom. The van der Waals surface area contributed by atoms with Gasteiger partial charge in [-0.1, -0.05) is 6.92 Å². The molecule has 162 valence electrons. The van der Waals surface area contributed by atoms with Crippen molar-refractivity contribution < 1.29 is 4.79 Å². The minimum absolute atomic E-state index is 0.152. The normalized spacial score (nSPS) is 13.4. The predicted octanol–water partition coefficient (Wildman–Crippen LogP) is 1.76. The number of H-pyrrole nitrogens is 1. The number of pyridine rings is 2. The van der Waals surface area contributed by atoms with E-state index in [2.05, 4.69) is 20.3 Å². The lowest BCUT2D eigenvalue weighted by molar-refractivity contribution is 0.0952. The fraction of sp³-hybridized carbons (Fsp3) is 0.409. The maximum absolute atomic E-state index is 13.1. The minimum atomic E-state index is -0.592. The fourth-order valence-corrected chi connectivity index (χ4v) is 3.58. The van der Waals surface area contributed by atoms with Crippen molar-refractivity contribution in [3.63, 3.8) is 0 Å². The molecular formula is C22H26N6O3. The van der Waals surface area contributed by atoms with Crippen LogP contribution in [0.15, 0.2) is 34.0 Å². The second kappa shape index (κ2) is 8.33. The number of aromatic nitrogens is 4. The van der Waals surface area contributed by atoms with Crippen molar-refractivity contribution in [1.82, 2.24) is 24.8 Å². The van der Waals surface area contributed by atoms with Crippen LogP contribution < -0.4 is 21.5 Å². The molecule has 4 rings (SSSR count). The van der Waals surface area contributed by atoms with Crippen LogP contribution in [0.3, 0.4) is 0 Å². The molecule has 0 atom stereocenters. The number of hydrogen-bond acceptors (Lipinski definition) is 6. The van der Waals surface area contributed by atoms with E-state index in [4.69, 9.17) is 0 Å². The van der Waals surface area contributed by atoms with Crippen LogP contribution in [0.25, 0.3) is 11.0 Å². The average molecular weight is 422 g/mol. The molecule has 2 N–H and O–H groups in total. The summed E-state index contributed by atoms with van der Waals surface area (Å²) in [5, 5.41) is 3.05. The molecule has 0 bridgehead atoms. The molecule has 1 aliphatic rings. The number of anilines is 1. The Morgan fingerprint density at radius 1 is 1.29 bits per heavy atom. The van der Waals surface area contributed by atoms with Gasteiger partial charge in [-0.3, -0.25) is 19.1 Å². The number of nitrogens with one attached hydrogen (secondary N) is 2. The Balaban J connectivity index is 1.74. The van der Waals surface area contributed by atoms with Crippen molar-refractivity contribution in [3.8, 4) is 0 Å². The van der Waals surface area contributed by atoms with Crippen molar-refractivity contribution >= 4 is 22.8 Å². The Bertz CT molecular complexity index is 1260. The largest absolute Gasteiger partial charge is 0.363 e. The third-order valence-corrected chi connectivity index (χ3v) is 5.38. The summed E-state index contributed by atoms with van der Waals surface area (Å²) >= 11 is 0. The molecule has 0 aliphatic heterocycles. The van der Waals surface area contributed by atoms with Gasteiger partial charge in [0.1, 0.15) is 5.82 Å². The number of hydrogen-bond donors (Lipinski definition) is 2. The number of amides is 1. The van der Waals surface area contributed by atoms with Gasteiger partial charge < -0.3 is 10.2 Å². The second-order valence-electron chi connectivity index (χ2n) is 8.08. The number of carbonyl (C=O) groups excluding carboxylic acids is 1. The SMILES string of the molecule is CCCn1c(=O)[nH]c(=O)c2c(C(=O)NCc3ccnc(N(C)C)c3)cc(C3CC3)nc21. The number of carbonyl (C=O) groups is 1. The topological polar surface area (TPSA) is 113 Å². The fourth-order valence-electron chi connectivity index (χ4n) is 3.58. The van der Waals surface area contributed by atoms with Crippen LogP contribution in [0, 0.1) is 0 Å². The summed E-state index contributed by atoms with van der Waals surface area (Å²) in [5.41, 5.74) is 1.09. The Morgan fingerprint density at radius 3 is 2.74 bits per heavy atom. The smallest absolute Gasteiger partial charge is 0.329 e. The van der Waals surface area contributed by atoms with Crippen LogP contribution in [0.4, 0.5) is 5.82 Å². The van der Waals surface area contributed by atoms with Crippen LogP contribution in [-0.4, -0.2) is 39.5 Å². The summed E-state index contributed by atoms with van der Waals surface area (Å²) < 4.78 is 1.45. The van der Waals surface area contributed by atoms with E-state index < -0.39 is 11.2 Å². The van der Waals surface area contributed by atoms with Crippen molar-refractivity contribution in [2.75, 3.05) is 19.0 Å². The highest BCUT2D eigenvalue weighted by molar-refractivity contribution is 6.05. The third-order valence-electron chi connectivity index (χ3n) is 5.38. The maximum atomic E-state index is 13.1.